The van der Waals surface area contributed by atoms with Crippen LogP contribution in [0.1, 0.15) is 6.42 Å². The SMILES string of the molecule is C=C(C(N)=O)[C@@H]1CCN(C#N)C1. The molecule has 1 aliphatic heterocycles. The van der Waals surface area contributed by atoms with Crippen molar-refractivity contribution in [1.82, 2.24) is 4.90 Å². The molecule has 1 amide bonds. The number of nitrogens with zero attached hydrogens (tertiary/aromatic N) is 2. The van der Waals surface area contributed by atoms with Gasteiger partial charge >= 0.3 is 0 Å². The molecule has 0 aromatic heterocycles. The Labute approximate surface area is 71.3 Å². The van der Waals surface area contributed by atoms with Crippen molar-refractivity contribution in [1.29, 1.82) is 5.26 Å². The summed E-state index contributed by atoms with van der Waals surface area (Å²) in [5.41, 5.74) is 5.50. The normalized spacial score (nSPS) is 21.9. The number of nitrogens with two attached hydrogens (primary N) is 1. The molecule has 1 saturated heterocycles. The van der Waals surface area contributed by atoms with Crippen LogP contribution in [-0.4, -0.2) is 23.9 Å². The third-order valence-electron chi connectivity index (χ3n) is 2.14. The Morgan fingerprint density at radius 1 is 1.75 bits per heavy atom. The molecule has 0 radical (unpaired) electrons. The Hall–Kier alpha value is -1.50. The molecule has 1 atom stereocenters. The van der Waals surface area contributed by atoms with Crippen LogP contribution in [0.4, 0.5) is 0 Å². The van der Waals surface area contributed by atoms with Crippen LogP contribution in [-0.2, 0) is 4.79 Å². The molecule has 0 unspecified atom stereocenters. The lowest BCUT2D eigenvalue weighted by atomic mass is 10.00. The van der Waals surface area contributed by atoms with Crippen molar-refractivity contribution < 1.29 is 4.79 Å². The fourth-order valence-electron chi connectivity index (χ4n) is 1.34. The van der Waals surface area contributed by atoms with Gasteiger partial charge in [0.05, 0.1) is 0 Å². The Kier molecular flexibility index (Phi) is 2.34. The summed E-state index contributed by atoms with van der Waals surface area (Å²) >= 11 is 0. The molecule has 4 nitrogen and oxygen atoms in total. The highest BCUT2D eigenvalue weighted by Gasteiger charge is 2.25. The number of primary amides is 1. The number of carbonyl (C=O) groups excluding carboxylic acids is 1. The fourth-order valence-corrected chi connectivity index (χ4v) is 1.34. The first-order valence-corrected chi connectivity index (χ1v) is 3.78. The van der Waals surface area contributed by atoms with Gasteiger partial charge in [0.2, 0.25) is 5.91 Å². The molecule has 1 rings (SSSR count). The van der Waals surface area contributed by atoms with Gasteiger partial charge < -0.3 is 10.6 Å². The van der Waals surface area contributed by atoms with Gasteiger partial charge in [-0.15, -0.1) is 0 Å². The minimum atomic E-state index is -0.459. The average molecular weight is 165 g/mol. The van der Waals surface area contributed by atoms with Crippen molar-refractivity contribution in [3.8, 4) is 6.19 Å². The topological polar surface area (TPSA) is 70.1 Å². The van der Waals surface area contributed by atoms with E-state index in [1.807, 2.05) is 6.19 Å². The second kappa shape index (κ2) is 3.26. The molecule has 2 N–H and O–H groups in total. The maximum Gasteiger partial charge on any atom is 0.244 e. The Morgan fingerprint density at radius 2 is 2.42 bits per heavy atom. The molecule has 1 heterocycles. The van der Waals surface area contributed by atoms with Gasteiger partial charge in [0, 0.05) is 24.6 Å². The number of rotatable bonds is 2. The van der Waals surface area contributed by atoms with E-state index in [0.717, 1.165) is 6.42 Å². The van der Waals surface area contributed by atoms with Crippen LogP contribution in [0.3, 0.4) is 0 Å². The van der Waals surface area contributed by atoms with E-state index in [1.54, 1.807) is 4.90 Å². The smallest absolute Gasteiger partial charge is 0.244 e. The number of hydrogen-bond acceptors (Lipinski definition) is 3. The van der Waals surface area contributed by atoms with Gasteiger partial charge in [-0.25, -0.2) is 0 Å². The summed E-state index contributed by atoms with van der Waals surface area (Å²) in [6, 6.07) is 0. The van der Waals surface area contributed by atoms with Crippen LogP contribution in [0, 0.1) is 17.4 Å². The predicted molar refractivity (Wildman–Crippen MR) is 43.6 cm³/mol. The summed E-state index contributed by atoms with van der Waals surface area (Å²) in [6.07, 6.45) is 2.83. The van der Waals surface area contributed by atoms with Crippen molar-refractivity contribution >= 4 is 5.91 Å². The molecule has 1 aliphatic rings. The Bertz CT molecular complexity index is 254. The minimum absolute atomic E-state index is 0.0714. The highest BCUT2D eigenvalue weighted by Crippen LogP contribution is 2.21. The maximum absolute atomic E-state index is 10.7. The zero-order chi connectivity index (χ0) is 9.14. The highest BCUT2D eigenvalue weighted by atomic mass is 16.1. The van der Waals surface area contributed by atoms with Crippen LogP contribution < -0.4 is 5.73 Å². The minimum Gasteiger partial charge on any atom is -0.366 e. The highest BCUT2D eigenvalue weighted by molar-refractivity contribution is 5.91. The lowest BCUT2D eigenvalue weighted by Gasteiger charge is -2.09. The lowest BCUT2D eigenvalue weighted by molar-refractivity contribution is -0.115. The van der Waals surface area contributed by atoms with Gasteiger partial charge in [0.25, 0.3) is 0 Å². The van der Waals surface area contributed by atoms with Crippen molar-refractivity contribution in [3.63, 3.8) is 0 Å². The van der Waals surface area contributed by atoms with E-state index < -0.39 is 5.91 Å². The van der Waals surface area contributed by atoms with Gasteiger partial charge in [0.1, 0.15) is 0 Å². The molecule has 0 aromatic carbocycles. The second-order valence-electron chi connectivity index (χ2n) is 2.92. The number of carbonyl (C=O) groups is 1. The molecule has 0 saturated carbocycles. The summed E-state index contributed by atoms with van der Waals surface area (Å²) in [7, 11) is 0. The van der Waals surface area contributed by atoms with E-state index in [1.165, 1.54) is 0 Å². The monoisotopic (exact) mass is 165 g/mol. The zero-order valence-corrected chi connectivity index (χ0v) is 6.79. The third-order valence-corrected chi connectivity index (χ3v) is 2.14. The fraction of sp³-hybridized carbons (Fsp3) is 0.500. The van der Waals surface area contributed by atoms with Gasteiger partial charge in [-0.05, 0) is 6.42 Å². The van der Waals surface area contributed by atoms with Gasteiger partial charge in [-0.2, -0.15) is 5.26 Å². The summed E-state index contributed by atoms with van der Waals surface area (Å²) in [5.74, 6) is -0.387. The molecule has 64 valence electrons. The van der Waals surface area contributed by atoms with E-state index in [0.29, 0.717) is 18.7 Å². The lowest BCUT2D eigenvalue weighted by Crippen LogP contribution is -2.22. The second-order valence-corrected chi connectivity index (χ2v) is 2.92. The molecule has 0 aliphatic carbocycles. The molecular formula is C8H11N3O. The zero-order valence-electron chi connectivity index (χ0n) is 6.79. The van der Waals surface area contributed by atoms with Crippen LogP contribution in [0.15, 0.2) is 12.2 Å². The molecule has 0 bridgehead atoms. The van der Waals surface area contributed by atoms with Crippen molar-refractivity contribution in [2.75, 3.05) is 13.1 Å². The maximum atomic E-state index is 10.7. The van der Waals surface area contributed by atoms with Gasteiger partial charge in [-0.3, -0.25) is 4.79 Å². The molecule has 12 heavy (non-hydrogen) atoms. The number of amides is 1. The summed E-state index contributed by atoms with van der Waals surface area (Å²) in [4.78, 5) is 12.3. The van der Waals surface area contributed by atoms with Crippen molar-refractivity contribution in [2.24, 2.45) is 11.7 Å². The van der Waals surface area contributed by atoms with E-state index in [9.17, 15) is 4.79 Å². The third kappa shape index (κ3) is 1.56. The quantitative estimate of drug-likeness (QED) is 0.456. The predicted octanol–water partition coefficient (Wildman–Crippen LogP) is -0.169. The van der Waals surface area contributed by atoms with Gasteiger partial charge in [0.15, 0.2) is 6.19 Å². The van der Waals surface area contributed by atoms with Crippen LogP contribution in [0.2, 0.25) is 0 Å². The van der Waals surface area contributed by atoms with Crippen molar-refractivity contribution in [2.45, 2.75) is 6.42 Å². The summed E-state index contributed by atoms with van der Waals surface area (Å²) in [5, 5.41) is 8.53. The summed E-state index contributed by atoms with van der Waals surface area (Å²) < 4.78 is 0. The number of hydrogen-bond donors (Lipinski definition) is 1. The molecule has 4 heteroatoms. The van der Waals surface area contributed by atoms with Crippen LogP contribution in [0.25, 0.3) is 0 Å². The number of nitriles is 1. The first kappa shape index (κ1) is 8.60. The molecule has 1 fully saturated rings. The van der Waals surface area contributed by atoms with E-state index in [4.69, 9.17) is 11.0 Å². The van der Waals surface area contributed by atoms with E-state index in [-0.39, 0.29) is 5.92 Å². The van der Waals surface area contributed by atoms with Gasteiger partial charge in [-0.1, -0.05) is 6.58 Å². The van der Waals surface area contributed by atoms with E-state index in [2.05, 4.69) is 6.58 Å². The first-order chi connectivity index (χ1) is 5.65. The Morgan fingerprint density at radius 3 is 2.83 bits per heavy atom. The largest absolute Gasteiger partial charge is 0.366 e. The van der Waals surface area contributed by atoms with Crippen LogP contribution in [0.5, 0.6) is 0 Å². The molecule has 0 aromatic rings. The molecule has 0 spiro atoms. The Balaban J connectivity index is 2.53. The summed E-state index contributed by atoms with van der Waals surface area (Å²) in [6.45, 7) is 4.88. The van der Waals surface area contributed by atoms with Crippen LogP contribution >= 0.6 is 0 Å². The standard InChI is InChI=1S/C8H11N3O/c1-6(8(10)12)7-2-3-11(4-7)5-9/h7H,1-4H2,(H2,10,12)/t7-/m1/s1. The first-order valence-electron chi connectivity index (χ1n) is 3.78. The van der Waals surface area contributed by atoms with Crippen molar-refractivity contribution in [3.05, 3.63) is 12.2 Å². The average Bonchev–Trinajstić information content (AvgIpc) is 2.50. The number of likely N-dealkylation sites (tertiary alicyclic amines) is 1. The molecular weight excluding hydrogens is 154 g/mol. The van der Waals surface area contributed by atoms with E-state index >= 15 is 0 Å².